The predicted molar refractivity (Wildman–Crippen MR) is 210 cm³/mol. The van der Waals surface area contributed by atoms with E-state index in [0.29, 0.717) is 19.0 Å². The molecule has 310 valence electrons. The molecule has 4 amide bonds. The van der Waals surface area contributed by atoms with Crippen LogP contribution in [0.25, 0.3) is 0 Å². The first-order chi connectivity index (χ1) is 24.8. The summed E-state index contributed by atoms with van der Waals surface area (Å²) in [5.74, 6) is 0.519. The molecule has 0 radical (unpaired) electrons. The van der Waals surface area contributed by atoms with Crippen LogP contribution in [-0.4, -0.2) is 114 Å². The van der Waals surface area contributed by atoms with Gasteiger partial charge in [0.1, 0.15) is 22.4 Å². The molecular formula is C37H69N9O8. The van der Waals surface area contributed by atoms with Crippen LogP contribution in [0.15, 0.2) is 9.98 Å². The lowest BCUT2D eigenvalue weighted by Crippen LogP contribution is -2.44. The number of hydrogen-bond donors (Lipinski definition) is 5. The maximum absolute atomic E-state index is 12.3. The maximum Gasteiger partial charge on any atom is 0.437 e. The third kappa shape index (κ3) is 24.8. The minimum Gasteiger partial charge on any atom is -0.444 e. The molecular weight excluding hydrogens is 698 g/mol. The van der Waals surface area contributed by atoms with Crippen LogP contribution in [0.2, 0.25) is 0 Å². The highest BCUT2D eigenvalue weighted by Gasteiger charge is 2.25. The van der Waals surface area contributed by atoms with E-state index in [1.165, 1.54) is 0 Å². The number of aliphatic imine (C=N–C) groups is 2. The van der Waals surface area contributed by atoms with Gasteiger partial charge < -0.3 is 39.4 Å². The summed E-state index contributed by atoms with van der Waals surface area (Å²) in [6, 6.07) is 0. The lowest BCUT2D eigenvalue weighted by molar-refractivity contribution is 0.0542. The number of ether oxygens (including phenoxy) is 4. The molecule has 1 fully saturated rings. The number of hydrogen-bond acceptors (Lipinski definition) is 9. The summed E-state index contributed by atoms with van der Waals surface area (Å²) < 4.78 is 21.1. The highest BCUT2D eigenvalue weighted by atomic mass is 16.6. The second kappa shape index (κ2) is 22.2. The van der Waals surface area contributed by atoms with Crippen LogP contribution in [-0.2, 0) is 18.9 Å². The van der Waals surface area contributed by atoms with Gasteiger partial charge in [0.25, 0.3) is 0 Å². The topological polar surface area (TPSA) is 208 Å². The Bertz CT molecular complexity index is 1200. The lowest BCUT2D eigenvalue weighted by Gasteiger charge is -2.22. The number of guanidine groups is 3. The Hall–Kier alpha value is -4.31. The van der Waals surface area contributed by atoms with Gasteiger partial charge in [-0.05, 0) is 109 Å². The molecule has 0 unspecified atom stereocenters. The van der Waals surface area contributed by atoms with Gasteiger partial charge in [-0.3, -0.25) is 16.0 Å². The van der Waals surface area contributed by atoms with Gasteiger partial charge in [0.2, 0.25) is 11.9 Å². The molecule has 1 rings (SSSR count). The minimum atomic E-state index is -0.815. The molecule has 54 heavy (non-hydrogen) atoms. The summed E-state index contributed by atoms with van der Waals surface area (Å²) in [4.78, 5) is 61.0. The molecule has 5 N–H and O–H groups in total. The SMILES string of the molecule is CC(C)(C)OC(=O)/N=C(/NCCCCCCN1CCN(CCCCCCN/C(=N\C(=O)OC(C)(C)C)NC(=O)OC(C)(C)C)C1=N)NC(=O)OC(C)(C)C. The van der Waals surface area contributed by atoms with Crippen molar-refractivity contribution in [1.82, 2.24) is 31.1 Å². The average molecular weight is 768 g/mol. The first-order valence-electron chi connectivity index (χ1n) is 19.0. The molecule has 17 nitrogen and oxygen atoms in total. The molecule has 0 aromatic carbocycles. The van der Waals surface area contributed by atoms with E-state index in [-0.39, 0.29) is 11.9 Å². The van der Waals surface area contributed by atoms with Crippen LogP contribution in [0.4, 0.5) is 19.2 Å². The fourth-order valence-corrected chi connectivity index (χ4v) is 4.84. The van der Waals surface area contributed by atoms with E-state index in [1.807, 2.05) is 0 Å². The van der Waals surface area contributed by atoms with E-state index in [4.69, 9.17) is 24.4 Å². The molecule has 1 heterocycles. The minimum absolute atomic E-state index is 0.0211. The lowest BCUT2D eigenvalue weighted by atomic mass is 10.2. The highest BCUT2D eigenvalue weighted by molar-refractivity contribution is 5.99. The number of carbonyl (C=O) groups excluding carboxylic acids is 4. The Kier molecular flexibility index (Phi) is 19.6. The van der Waals surface area contributed by atoms with E-state index in [0.717, 1.165) is 77.5 Å². The van der Waals surface area contributed by atoms with Gasteiger partial charge in [-0.15, -0.1) is 9.98 Å². The van der Waals surface area contributed by atoms with Crippen LogP contribution >= 0.6 is 0 Å². The monoisotopic (exact) mass is 768 g/mol. The quantitative estimate of drug-likeness (QED) is 0.0558. The number of rotatable bonds is 14. The molecule has 1 saturated heterocycles. The van der Waals surface area contributed by atoms with E-state index in [9.17, 15) is 19.2 Å². The van der Waals surface area contributed by atoms with Crippen LogP contribution in [0, 0.1) is 5.41 Å². The van der Waals surface area contributed by atoms with E-state index >= 15 is 0 Å². The fraction of sp³-hybridized carbons (Fsp3) is 0.811. The second-order valence-corrected chi connectivity index (χ2v) is 17.1. The standard InChI is InChI=1S/C37H69N9O8/c1-34(2,3)51-30(47)41-28(42-31(48)52-35(4,5)6)39-21-17-13-15-19-23-45-25-26-46(27(45)38)24-20-16-14-18-22-40-29(43-32(49)53-36(7,8)9)44-33(50)54-37(10,11)12/h38H,13-26H2,1-12H3,(H2,39,41,42,47,48)(H2,40,43,44,49,50). The summed E-state index contributed by atoms with van der Waals surface area (Å²) in [6.45, 7) is 25.2. The molecule has 0 atom stereocenters. The zero-order chi connectivity index (χ0) is 41.2. The van der Waals surface area contributed by atoms with Crippen molar-refractivity contribution in [2.45, 2.75) is 157 Å². The predicted octanol–water partition coefficient (Wildman–Crippen LogP) is 6.47. The van der Waals surface area contributed by atoms with Crippen molar-refractivity contribution in [3.8, 4) is 0 Å². The summed E-state index contributed by atoms with van der Waals surface area (Å²) >= 11 is 0. The number of carbonyl (C=O) groups is 4. The van der Waals surface area contributed by atoms with E-state index in [1.54, 1.807) is 83.1 Å². The molecule has 0 spiro atoms. The van der Waals surface area contributed by atoms with Crippen LogP contribution in [0.5, 0.6) is 0 Å². The zero-order valence-electron chi connectivity index (χ0n) is 35.0. The van der Waals surface area contributed by atoms with Crippen molar-refractivity contribution in [1.29, 1.82) is 5.41 Å². The first-order valence-corrected chi connectivity index (χ1v) is 19.0. The van der Waals surface area contributed by atoms with Gasteiger partial charge in [0.15, 0.2) is 5.96 Å². The number of nitrogens with one attached hydrogen (secondary N) is 5. The first kappa shape index (κ1) is 47.7. The number of amides is 4. The van der Waals surface area contributed by atoms with Crippen molar-refractivity contribution >= 4 is 42.3 Å². The molecule has 1 aliphatic rings. The van der Waals surface area contributed by atoms with Crippen LogP contribution in [0.1, 0.15) is 134 Å². The molecule has 0 bridgehead atoms. The molecule has 0 aromatic heterocycles. The Morgan fingerprint density at radius 1 is 0.537 bits per heavy atom. The number of nitrogens with zero attached hydrogens (tertiary/aromatic N) is 4. The largest absolute Gasteiger partial charge is 0.444 e. The van der Waals surface area contributed by atoms with Crippen LogP contribution < -0.4 is 21.3 Å². The fourth-order valence-electron chi connectivity index (χ4n) is 4.84. The third-order valence-electron chi connectivity index (χ3n) is 6.97. The molecule has 17 heteroatoms. The summed E-state index contributed by atoms with van der Waals surface area (Å²) in [5, 5.41) is 19.6. The van der Waals surface area contributed by atoms with Crippen molar-refractivity contribution < 1.29 is 38.1 Å². The third-order valence-corrected chi connectivity index (χ3v) is 6.97. The Morgan fingerprint density at radius 3 is 1.17 bits per heavy atom. The van der Waals surface area contributed by atoms with E-state index in [2.05, 4.69) is 41.1 Å². The summed E-state index contributed by atoms with van der Waals surface area (Å²) in [6.07, 6.45) is 4.18. The normalized spacial score (nSPS) is 14.4. The number of unbranched alkanes of at least 4 members (excludes halogenated alkanes) is 6. The van der Waals surface area contributed by atoms with Crippen molar-refractivity contribution in [2.24, 2.45) is 9.98 Å². The summed E-state index contributed by atoms with van der Waals surface area (Å²) in [7, 11) is 0. The zero-order valence-corrected chi connectivity index (χ0v) is 35.0. The Balaban J connectivity index is 2.39. The van der Waals surface area contributed by atoms with Gasteiger partial charge in [-0.25, -0.2) is 19.2 Å². The van der Waals surface area contributed by atoms with E-state index < -0.39 is 46.8 Å². The number of alkyl carbamates (subject to hydrolysis) is 2. The second-order valence-electron chi connectivity index (χ2n) is 17.1. The molecule has 0 aromatic rings. The van der Waals surface area contributed by atoms with Gasteiger partial charge in [0.05, 0.1) is 0 Å². The molecule has 0 saturated carbocycles. The van der Waals surface area contributed by atoms with Crippen molar-refractivity contribution in [2.75, 3.05) is 39.3 Å². The van der Waals surface area contributed by atoms with Crippen molar-refractivity contribution in [3.05, 3.63) is 0 Å². The van der Waals surface area contributed by atoms with Gasteiger partial charge in [-0.1, -0.05) is 25.7 Å². The maximum atomic E-state index is 12.3. The van der Waals surface area contributed by atoms with Crippen molar-refractivity contribution in [3.63, 3.8) is 0 Å². The highest BCUT2D eigenvalue weighted by Crippen LogP contribution is 2.13. The van der Waals surface area contributed by atoms with Crippen LogP contribution in [0.3, 0.4) is 0 Å². The molecule has 0 aliphatic carbocycles. The Morgan fingerprint density at radius 2 is 0.852 bits per heavy atom. The van der Waals surface area contributed by atoms with Gasteiger partial charge >= 0.3 is 24.4 Å². The Labute approximate surface area is 322 Å². The summed E-state index contributed by atoms with van der Waals surface area (Å²) in [5.41, 5.74) is -2.86. The van der Waals surface area contributed by atoms with Gasteiger partial charge in [0, 0.05) is 39.3 Å². The smallest absolute Gasteiger partial charge is 0.437 e. The average Bonchev–Trinajstić information content (AvgIpc) is 3.30. The van der Waals surface area contributed by atoms with Gasteiger partial charge in [-0.2, -0.15) is 0 Å². The molecule has 1 aliphatic heterocycles.